The predicted octanol–water partition coefficient (Wildman–Crippen LogP) is -0.0727. The molecule has 5 heteroatoms. The molecule has 0 aliphatic rings. The van der Waals surface area contributed by atoms with E-state index in [1.54, 1.807) is 0 Å². The van der Waals surface area contributed by atoms with E-state index in [1.165, 1.54) is 21.3 Å². The molecule has 0 aliphatic carbocycles. The van der Waals surface area contributed by atoms with Crippen molar-refractivity contribution in [2.75, 3.05) is 21.3 Å². The monoisotopic (exact) mass is 147 g/mol. The lowest BCUT2D eigenvalue weighted by Gasteiger charge is -2.14. The second kappa shape index (κ2) is 3.58. The fourth-order valence-corrected chi connectivity index (χ4v) is 1.16. The highest BCUT2D eigenvalue weighted by Crippen LogP contribution is 2.01. The van der Waals surface area contributed by atoms with E-state index in [2.05, 4.69) is 0 Å². The van der Waals surface area contributed by atoms with Crippen molar-refractivity contribution in [3.05, 3.63) is 0 Å². The number of hydrogen-bond acceptors (Lipinski definition) is 4. The Morgan fingerprint density at radius 2 is 1.44 bits per heavy atom. The third-order valence-corrected chi connectivity index (χ3v) is 2.83. The van der Waals surface area contributed by atoms with Crippen molar-refractivity contribution < 1.29 is 13.3 Å². The first-order valence-electron chi connectivity index (χ1n) is 2.31. The van der Waals surface area contributed by atoms with Gasteiger partial charge in [-0.1, -0.05) is 0 Å². The van der Waals surface area contributed by atoms with Crippen molar-refractivity contribution in [1.82, 2.24) is 0 Å². The van der Waals surface area contributed by atoms with Crippen LogP contribution in [0.5, 0.6) is 0 Å². The summed E-state index contributed by atoms with van der Waals surface area (Å²) in [5.74, 6) is 0. The van der Waals surface area contributed by atoms with Crippen LogP contribution in [0.2, 0.25) is 0 Å². The Morgan fingerprint density at radius 1 is 1.11 bits per heavy atom. The summed E-state index contributed by atoms with van der Waals surface area (Å²) in [6, 6.07) is 0. The topological polar surface area (TPSA) is 51.5 Å². The van der Waals surface area contributed by atoms with Gasteiger partial charge in [-0.05, 0) is 0 Å². The van der Waals surface area contributed by atoms with Crippen LogP contribution in [0.1, 0.15) is 0 Å². The van der Waals surface area contributed by atoms with E-state index in [4.69, 9.17) is 18.5 Å². The van der Waals surface area contributed by atoms with Crippen molar-refractivity contribution in [3.63, 3.8) is 0 Å². The molecular formula is C4H9NO3Si. The molecule has 9 heavy (non-hydrogen) atoms. The largest absolute Gasteiger partial charge is 0.618 e. The zero-order valence-electron chi connectivity index (χ0n) is 5.67. The first-order chi connectivity index (χ1) is 4.24. The fraction of sp³-hybridized carbons (Fsp3) is 0.750. The third-order valence-electron chi connectivity index (χ3n) is 0.943. The van der Waals surface area contributed by atoms with Gasteiger partial charge in [0.25, 0.3) is 0 Å². The second-order valence-electron chi connectivity index (χ2n) is 1.28. The molecule has 0 rings (SSSR count). The summed E-state index contributed by atoms with van der Waals surface area (Å²) in [7, 11) is 1.29. The van der Waals surface area contributed by atoms with Crippen LogP contribution in [0.3, 0.4) is 0 Å². The van der Waals surface area contributed by atoms with E-state index < -0.39 is 8.80 Å². The molecule has 0 aliphatic heterocycles. The molecule has 0 aromatic rings. The summed E-state index contributed by atoms with van der Waals surface area (Å²) in [6.45, 7) is 0. The normalized spacial score (nSPS) is 10.9. The number of rotatable bonds is 3. The maximum Gasteiger partial charge on any atom is 0.618 e. The van der Waals surface area contributed by atoms with E-state index in [9.17, 15) is 0 Å². The molecule has 0 atom stereocenters. The molecule has 0 saturated heterocycles. The van der Waals surface area contributed by atoms with Gasteiger partial charge in [0.2, 0.25) is 0 Å². The van der Waals surface area contributed by atoms with E-state index in [-0.39, 0.29) is 0 Å². The highest BCUT2D eigenvalue weighted by atomic mass is 28.4. The third kappa shape index (κ3) is 1.76. The highest BCUT2D eigenvalue weighted by molar-refractivity contribution is 6.68. The van der Waals surface area contributed by atoms with Gasteiger partial charge in [0.05, 0.1) is 0 Å². The summed E-state index contributed by atoms with van der Waals surface area (Å²) in [4.78, 5) is 0. The molecule has 0 N–H and O–H groups in total. The average Bonchev–Trinajstić information content (AvgIpc) is 1.95. The summed E-state index contributed by atoms with van der Waals surface area (Å²) >= 11 is 0. The van der Waals surface area contributed by atoms with Gasteiger partial charge >= 0.3 is 8.80 Å². The van der Waals surface area contributed by atoms with E-state index >= 15 is 0 Å². The molecule has 0 aromatic carbocycles. The zero-order valence-corrected chi connectivity index (χ0v) is 6.67. The van der Waals surface area contributed by atoms with Crippen LogP contribution in [-0.4, -0.2) is 30.1 Å². The Hall–Kier alpha value is -0.413. The molecule has 52 valence electrons. The van der Waals surface area contributed by atoms with E-state index in [0.717, 1.165) is 0 Å². The molecular weight excluding hydrogens is 138 g/mol. The van der Waals surface area contributed by atoms with Crippen LogP contribution in [0.4, 0.5) is 0 Å². The highest BCUT2D eigenvalue weighted by Gasteiger charge is 2.38. The Kier molecular flexibility index (Phi) is 3.42. The summed E-state index contributed by atoms with van der Waals surface area (Å²) in [6.07, 6.45) is 0. The Bertz CT molecular complexity index is 109. The smallest absolute Gasteiger partial charge is 0.366 e. The molecule has 4 nitrogen and oxygen atoms in total. The number of hydrogen-bond donors (Lipinski definition) is 0. The molecule has 0 radical (unpaired) electrons. The van der Waals surface area contributed by atoms with Crippen LogP contribution >= 0.6 is 0 Å². The van der Waals surface area contributed by atoms with Gasteiger partial charge in [0.15, 0.2) is 0 Å². The molecule has 0 spiro atoms. The van der Waals surface area contributed by atoms with Gasteiger partial charge in [-0.25, -0.2) is 0 Å². The van der Waals surface area contributed by atoms with Crippen LogP contribution in [0.25, 0.3) is 0 Å². The standard InChI is InChI=1S/C4H9NO3Si/c1-6-9(4-5,7-2)8-3/h1-3H3. The molecule has 0 aromatic heterocycles. The van der Waals surface area contributed by atoms with Gasteiger partial charge < -0.3 is 13.3 Å². The van der Waals surface area contributed by atoms with E-state index in [0.29, 0.717) is 0 Å². The Morgan fingerprint density at radius 3 is 1.44 bits per heavy atom. The van der Waals surface area contributed by atoms with E-state index in [1.807, 2.05) is 5.69 Å². The van der Waals surface area contributed by atoms with Crippen LogP contribution < -0.4 is 0 Å². The number of nitrogens with zero attached hydrogens (tertiary/aromatic N) is 1. The fourth-order valence-electron chi connectivity index (χ4n) is 0.387. The van der Waals surface area contributed by atoms with Gasteiger partial charge in [-0.3, -0.25) is 0 Å². The van der Waals surface area contributed by atoms with Gasteiger partial charge in [-0.15, -0.1) is 0 Å². The molecule has 0 amide bonds. The molecule has 0 heterocycles. The van der Waals surface area contributed by atoms with Crippen molar-refractivity contribution in [3.8, 4) is 5.69 Å². The minimum absolute atomic E-state index is 1.39. The van der Waals surface area contributed by atoms with Crippen LogP contribution in [-0.2, 0) is 13.3 Å². The molecule has 0 unspecified atom stereocenters. The lowest BCUT2D eigenvalue weighted by atomic mass is 11.8. The van der Waals surface area contributed by atoms with Gasteiger partial charge in [0, 0.05) is 21.3 Å². The Labute approximate surface area is 55.3 Å². The summed E-state index contributed by atoms with van der Waals surface area (Å²) in [5.41, 5.74) is 1.84. The van der Waals surface area contributed by atoms with Crippen LogP contribution in [0, 0.1) is 11.0 Å². The summed E-state index contributed by atoms with van der Waals surface area (Å²) < 4.78 is 14.2. The van der Waals surface area contributed by atoms with Crippen molar-refractivity contribution in [2.45, 2.75) is 0 Å². The maximum atomic E-state index is 8.41. The van der Waals surface area contributed by atoms with Crippen molar-refractivity contribution >= 4 is 8.80 Å². The maximum absolute atomic E-state index is 8.41. The van der Waals surface area contributed by atoms with Gasteiger partial charge in [0.1, 0.15) is 5.69 Å². The molecule has 0 bridgehead atoms. The minimum atomic E-state index is -2.89. The Balaban J connectivity index is 4.04. The average molecular weight is 147 g/mol. The van der Waals surface area contributed by atoms with Crippen molar-refractivity contribution in [2.24, 2.45) is 0 Å². The second-order valence-corrected chi connectivity index (χ2v) is 3.84. The minimum Gasteiger partial charge on any atom is -0.366 e. The lowest BCUT2D eigenvalue weighted by molar-refractivity contribution is 0.141. The first-order valence-corrected chi connectivity index (χ1v) is 4.04. The van der Waals surface area contributed by atoms with Crippen LogP contribution in [0.15, 0.2) is 0 Å². The van der Waals surface area contributed by atoms with Gasteiger partial charge in [-0.2, -0.15) is 5.26 Å². The first kappa shape index (κ1) is 8.59. The zero-order chi connectivity index (χ0) is 7.33. The predicted molar refractivity (Wildman–Crippen MR) is 32.4 cm³/mol. The van der Waals surface area contributed by atoms with Crippen molar-refractivity contribution in [1.29, 1.82) is 5.26 Å². The quantitative estimate of drug-likeness (QED) is 0.524. The molecule has 0 saturated carbocycles. The number of nitriles is 1. The lowest BCUT2D eigenvalue weighted by Crippen LogP contribution is -2.41. The summed E-state index contributed by atoms with van der Waals surface area (Å²) in [5, 5.41) is 8.41. The molecule has 0 fully saturated rings. The SMILES string of the molecule is CO[Si](C#N)(OC)OC.